The molecular weight excluding hydrogens is 492 g/mol. The minimum atomic E-state index is -0.871. The van der Waals surface area contributed by atoms with Crippen LogP contribution in [0.5, 0.6) is 0 Å². The molecule has 0 aromatic heterocycles. The van der Waals surface area contributed by atoms with Gasteiger partial charge >= 0.3 is 0 Å². The Morgan fingerprint density at radius 3 is 2.77 bits per heavy atom. The average Bonchev–Trinajstić information content (AvgIpc) is 3.11. The van der Waals surface area contributed by atoms with E-state index in [2.05, 4.69) is 16.4 Å². The molecule has 0 unspecified atom stereocenters. The van der Waals surface area contributed by atoms with Gasteiger partial charge in [-0.2, -0.15) is 0 Å². The summed E-state index contributed by atoms with van der Waals surface area (Å²) in [7, 11) is 0. The van der Waals surface area contributed by atoms with Gasteiger partial charge in [0.15, 0.2) is 5.17 Å². The predicted molar refractivity (Wildman–Crippen MR) is 137 cm³/mol. The van der Waals surface area contributed by atoms with E-state index in [4.69, 9.17) is 11.6 Å². The fourth-order valence-electron chi connectivity index (χ4n) is 4.04. The lowest BCUT2D eigenvalue weighted by Crippen LogP contribution is -2.34. The van der Waals surface area contributed by atoms with Gasteiger partial charge < -0.3 is 5.32 Å². The largest absolute Gasteiger partial charge is 0.324 e. The van der Waals surface area contributed by atoms with Gasteiger partial charge in [-0.15, -0.1) is 0 Å². The Kier molecular flexibility index (Phi) is 8.23. The molecule has 5 nitrogen and oxygen atoms in total. The molecule has 1 N–H and O–H groups in total. The fourth-order valence-corrected chi connectivity index (χ4v) is 5.40. The average molecular weight is 518 g/mol. The first-order chi connectivity index (χ1) is 16.8. The van der Waals surface area contributed by atoms with Gasteiger partial charge in [0, 0.05) is 24.1 Å². The molecule has 184 valence electrons. The number of anilines is 1. The van der Waals surface area contributed by atoms with Crippen molar-refractivity contribution < 1.29 is 18.4 Å². The number of nitrogens with zero attached hydrogens (tertiary/aromatic N) is 2. The van der Waals surface area contributed by atoms with E-state index in [0.29, 0.717) is 28.5 Å². The van der Waals surface area contributed by atoms with E-state index in [1.54, 1.807) is 11.0 Å². The molecule has 0 spiro atoms. The van der Waals surface area contributed by atoms with Crippen LogP contribution in [0.1, 0.15) is 44.1 Å². The van der Waals surface area contributed by atoms with Crippen LogP contribution in [0.3, 0.4) is 0 Å². The third kappa shape index (κ3) is 6.49. The van der Waals surface area contributed by atoms with E-state index in [0.717, 1.165) is 43.4 Å². The summed E-state index contributed by atoms with van der Waals surface area (Å²) in [5.41, 5.74) is 2.75. The Balaban J connectivity index is 1.51. The topological polar surface area (TPSA) is 61.8 Å². The summed E-state index contributed by atoms with van der Waals surface area (Å²) in [5.74, 6) is -2.35. The van der Waals surface area contributed by atoms with Gasteiger partial charge in [0.25, 0.3) is 0 Å². The number of hydrogen-bond acceptors (Lipinski definition) is 4. The van der Waals surface area contributed by atoms with E-state index in [9.17, 15) is 18.4 Å². The smallest absolute Gasteiger partial charge is 0.242 e. The lowest BCUT2D eigenvalue weighted by atomic mass is 9.97. The molecule has 2 aromatic carbocycles. The second-order valence-corrected chi connectivity index (χ2v) is 10.2. The number of aliphatic imine (C=N–C) groups is 1. The number of carbonyl (C=O) groups excluding carboxylic acids is 2. The van der Waals surface area contributed by atoms with Gasteiger partial charge in [-0.1, -0.05) is 41.1 Å². The molecule has 1 heterocycles. The van der Waals surface area contributed by atoms with Crippen molar-refractivity contribution >= 4 is 51.7 Å². The zero-order valence-corrected chi connectivity index (χ0v) is 20.9. The SMILES string of the molecule is Cc1ccc(N=C2S[C@H](CC(=O)Nc3ccc(F)cc3F)C(=O)N2CCC2=CCCCC2)cc1Cl. The summed E-state index contributed by atoms with van der Waals surface area (Å²) < 4.78 is 27.1. The van der Waals surface area contributed by atoms with Crippen LogP contribution in [0.25, 0.3) is 0 Å². The predicted octanol–water partition coefficient (Wildman–Crippen LogP) is 6.78. The van der Waals surface area contributed by atoms with E-state index in [1.807, 2.05) is 19.1 Å². The van der Waals surface area contributed by atoms with Gasteiger partial charge in [-0.25, -0.2) is 13.8 Å². The van der Waals surface area contributed by atoms with Crippen molar-refractivity contribution in [2.45, 2.75) is 50.7 Å². The maximum Gasteiger partial charge on any atom is 0.242 e. The minimum absolute atomic E-state index is 0.129. The molecule has 4 rings (SSSR count). The van der Waals surface area contributed by atoms with E-state index in [1.165, 1.54) is 23.8 Å². The standard InChI is InChI=1S/C26H26ClF2N3O2S/c1-16-7-9-19(14-20(16)27)30-26-32(12-11-17-5-3-2-4-6-17)25(34)23(35-26)15-24(33)31-22-10-8-18(28)13-21(22)29/h5,7-10,13-14,23H,2-4,6,11-12,15H2,1H3,(H,31,33)/t23-/m1/s1. The Bertz CT molecular complexity index is 1200. The van der Waals surface area contributed by atoms with Crippen LogP contribution in [-0.4, -0.2) is 33.7 Å². The number of amidine groups is 1. The first kappa shape index (κ1) is 25.4. The van der Waals surface area contributed by atoms with Gasteiger partial charge in [-0.05, 0) is 68.9 Å². The quantitative estimate of drug-likeness (QED) is 0.412. The number of amides is 2. The number of benzene rings is 2. The Morgan fingerprint density at radius 1 is 1.23 bits per heavy atom. The minimum Gasteiger partial charge on any atom is -0.324 e. The van der Waals surface area contributed by atoms with Crippen LogP contribution < -0.4 is 5.32 Å². The number of allylic oxidation sites excluding steroid dienone is 1. The third-order valence-electron chi connectivity index (χ3n) is 6.02. The molecule has 1 aliphatic heterocycles. The highest BCUT2D eigenvalue weighted by Crippen LogP contribution is 2.34. The maximum atomic E-state index is 13.9. The number of thioether (sulfide) groups is 1. The normalized spacial score (nSPS) is 19.3. The number of rotatable bonds is 7. The summed E-state index contributed by atoms with van der Waals surface area (Å²) in [4.78, 5) is 32.2. The lowest BCUT2D eigenvalue weighted by molar-refractivity contribution is -0.128. The second kappa shape index (κ2) is 11.4. The molecule has 2 aromatic rings. The van der Waals surface area contributed by atoms with Gasteiger partial charge in [0.2, 0.25) is 11.8 Å². The van der Waals surface area contributed by atoms with Crippen molar-refractivity contribution in [3.05, 3.63) is 70.3 Å². The molecule has 2 aliphatic rings. The summed E-state index contributed by atoms with van der Waals surface area (Å²) in [6, 6.07) is 8.36. The summed E-state index contributed by atoms with van der Waals surface area (Å²) in [6.45, 7) is 2.37. The van der Waals surface area contributed by atoms with Crippen molar-refractivity contribution in [1.82, 2.24) is 4.90 Å². The third-order valence-corrected chi connectivity index (χ3v) is 7.60. The van der Waals surface area contributed by atoms with Crippen molar-refractivity contribution in [2.24, 2.45) is 4.99 Å². The van der Waals surface area contributed by atoms with Crippen LogP contribution in [-0.2, 0) is 9.59 Å². The van der Waals surface area contributed by atoms with Gasteiger partial charge in [0.1, 0.15) is 16.9 Å². The van der Waals surface area contributed by atoms with Crippen LogP contribution in [0, 0.1) is 18.6 Å². The molecule has 1 atom stereocenters. The molecule has 0 saturated carbocycles. The van der Waals surface area contributed by atoms with Crippen molar-refractivity contribution in [2.75, 3.05) is 11.9 Å². The molecule has 1 saturated heterocycles. The van der Waals surface area contributed by atoms with Crippen molar-refractivity contribution in [3.8, 4) is 0 Å². The highest BCUT2D eigenvalue weighted by atomic mass is 35.5. The molecular formula is C26H26ClF2N3O2S. The molecule has 1 fully saturated rings. The monoisotopic (exact) mass is 517 g/mol. The Morgan fingerprint density at radius 2 is 2.06 bits per heavy atom. The number of carbonyl (C=O) groups is 2. The zero-order chi connectivity index (χ0) is 24.9. The fraction of sp³-hybridized carbons (Fsp3) is 0.346. The van der Waals surface area contributed by atoms with Gasteiger partial charge in [0.05, 0.1) is 11.4 Å². The second-order valence-electron chi connectivity index (χ2n) is 8.66. The first-order valence-electron chi connectivity index (χ1n) is 11.6. The lowest BCUT2D eigenvalue weighted by Gasteiger charge is -2.19. The highest BCUT2D eigenvalue weighted by Gasteiger charge is 2.39. The molecule has 0 radical (unpaired) electrons. The first-order valence-corrected chi connectivity index (χ1v) is 12.8. The molecule has 2 amide bonds. The number of hydrogen-bond donors (Lipinski definition) is 1. The zero-order valence-electron chi connectivity index (χ0n) is 19.3. The van der Waals surface area contributed by atoms with E-state index < -0.39 is 22.8 Å². The highest BCUT2D eigenvalue weighted by molar-refractivity contribution is 8.15. The molecule has 9 heteroatoms. The molecule has 0 bridgehead atoms. The summed E-state index contributed by atoms with van der Waals surface area (Å²) >= 11 is 7.47. The number of nitrogens with one attached hydrogen (secondary N) is 1. The van der Waals surface area contributed by atoms with Crippen molar-refractivity contribution in [3.63, 3.8) is 0 Å². The Labute approximate surface area is 212 Å². The van der Waals surface area contributed by atoms with Crippen LogP contribution in [0.2, 0.25) is 5.02 Å². The number of aryl methyl sites for hydroxylation is 1. The van der Waals surface area contributed by atoms with E-state index in [-0.39, 0.29) is 18.0 Å². The van der Waals surface area contributed by atoms with Gasteiger partial charge in [-0.3, -0.25) is 14.5 Å². The van der Waals surface area contributed by atoms with Crippen molar-refractivity contribution in [1.29, 1.82) is 0 Å². The maximum absolute atomic E-state index is 13.9. The summed E-state index contributed by atoms with van der Waals surface area (Å²) in [5, 5.41) is 2.83. The molecule has 35 heavy (non-hydrogen) atoms. The summed E-state index contributed by atoms with van der Waals surface area (Å²) in [6.07, 6.45) is 7.27. The van der Waals surface area contributed by atoms with Crippen LogP contribution in [0.15, 0.2) is 53.0 Å². The number of halogens is 3. The molecule has 1 aliphatic carbocycles. The van der Waals surface area contributed by atoms with Crippen LogP contribution in [0.4, 0.5) is 20.2 Å². The Hall–Kier alpha value is -2.71. The van der Waals surface area contributed by atoms with Crippen LogP contribution >= 0.6 is 23.4 Å². The van der Waals surface area contributed by atoms with E-state index >= 15 is 0 Å².